The number of aryl methyl sites for hydroxylation is 2. The highest BCUT2D eigenvalue weighted by Gasteiger charge is 2.46. The number of nitrogens with zero attached hydrogens (tertiary/aromatic N) is 2. The van der Waals surface area contributed by atoms with E-state index in [-0.39, 0.29) is 17.3 Å². The minimum Gasteiger partial charge on any atom is -0.530 e. The highest BCUT2D eigenvalue weighted by atomic mass is 19.1. The third kappa shape index (κ3) is 4.13. The van der Waals surface area contributed by atoms with Gasteiger partial charge in [-0.15, -0.1) is 0 Å². The number of hydrogen-bond acceptors (Lipinski definition) is 3. The molecular weight excluding hydrogens is 427 g/mol. The van der Waals surface area contributed by atoms with Gasteiger partial charge in [0.05, 0.1) is 6.04 Å². The Labute approximate surface area is 202 Å². The largest absolute Gasteiger partial charge is 0.530 e. The fourth-order valence-electron chi connectivity index (χ4n) is 6.73. The van der Waals surface area contributed by atoms with Crippen molar-refractivity contribution in [3.05, 3.63) is 58.9 Å². The van der Waals surface area contributed by atoms with Crippen molar-refractivity contribution >= 4 is 6.09 Å². The summed E-state index contributed by atoms with van der Waals surface area (Å²) in [6.45, 7) is 9.23. The second-order valence-electron chi connectivity index (χ2n) is 11.3. The Morgan fingerprint density at radius 1 is 1.21 bits per heavy atom. The maximum atomic E-state index is 15.7. The van der Waals surface area contributed by atoms with E-state index in [1.165, 1.54) is 5.56 Å². The molecule has 0 unspecified atom stereocenters. The highest BCUT2D eigenvalue weighted by Crippen LogP contribution is 2.50. The summed E-state index contributed by atoms with van der Waals surface area (Å²) in [4.78, 5) is 16.6. The number of carbonyl (C=O) groups is 1. The Morgan fingerprint density at radius 3 is 2.62 bits per heavy atom. The SMILES string of the molecule is CCCc1cccc(-c2cc3c(cc2F)[C@H](N(C(=O)[O-])[C@@H]2CN4CCC2CC4)C(C)(C)CC3)c1. The molecule has 3 heterocycles. The number of hydrogen-bond donors (Lipinski definition) is 0. The molecule has 0 saturated carbocycles. The predicted molar refractivity (Wildman–Crippen MR) is 131 cm³/mol. The average Bonchev–Trinajstić information content (AvgIpc) is 2.81. The van der Waals surface area contributed by atoms with Crippen molar-refractivity contribution < 1.29 is 14.3 Å². The Morgan fingerprint density at radius 2 is 1.97 bits per heavy atom. The zero-order valence-corrected chi connectivity index (χ0v) is 20.6. The van der Waals surface area contributed by atoms with E-state index in [0.717, 1.165) is 74.8 Å². The van der Waals surface area contributed by atoms with E-state index in [1.54, 1.807) is 11.0 Å². The van der Waals surface area contributed by atoms with Crippen molar-refractivity contribution in [3.63, 3.8) is 0 Å². The van der Waals surface area contributed by atoms with E-state index < -0.39 is 12.1 Å². The van der Waals surface area contributed by atoms with E-state index in [4.69, 9.17) is 0 Å². The summed E-state index contributed by atoms with van der Waals surface area (Å²) in [6.07, 6.45) is 4.62. The number of halogens is 1. The van der Waals surface area contributed by atoms with Crippen LogP contribution >= 0.6 is 0 Å². The van der Waals surface area contributed by atoms with Gasteiger partial charge in [-0.25, -0.2) is 4.39 Å². The predicted octanol–water partition coefficient (Wildman–Crippen LogP) is 5.20. The number of rotatable bonds is 5. The summed E-state index contributed by atoms with van der Waals surface area (Å²) < 4.78 is 15.7. The Bertz CT molecular complexity index is 1070. The zero-order chi connectivity index (χ0) is 24.0. The summed E-state index contributed by atoms with van der Waals surface area (Å²) in [6, 6.07) is 11.2. The lowest BCUT2D eigenvalue weighted by Gasteiger charge is -2.56. The van der Waals surface area contributed by atoms with Crippen LogP contribution in [-0.2, 0) is 12.8 Å². The first kappa shape index (κ1) is 23.3. The van der Waals surface area contributed by atoms with E-state index in [1.807, 2.05) is 18.2 Å². The van der Waals surface area contributed by atoms with Crippen LogP contribution in [0.3, 0.4) is 0 Å². The minimum absolute atomic E-state index is 0.0869. The maximum absolute atomic E-state index is 15.7. The van der Waals surface area contributed by atoms with Crippen LogP contribution in [0.2, 0.25) is 0 Å². The number of piperidine rings is 3. The van der Waals surface area contributed by atoms with Crippen molar-refractivity contribution in [2.24, 2.45) is 11.3 Å². The lowest BCUT2D eigenvalue weighted by atomic mass is 9.68. The van der Waals surface area contributed by atoms with Crippen LogP contribution in [0.15, 0.2) is 36.4 Å². The average molecular weight is 464 g/mol. The summed E-state index contributed by atoms with van der Waals surface area (Å²) in [5.74, 6) is 0.0804. The third-order valence-electron chi connectivity index (χ3n) is 8.55. The second-order valence-corrected chi connectivity index (χ2v) is 11.3. The van der Waals surface area contributed by atoms with Crippen LogP contribution in [0.1, 0.15) is 69.2 Å². The van der Waals surface area contributed by atoms with Gasteiger partial charge < -0.3 is 19.7 Å². The maximum Gasteiger partial charge on any atom is 0.137 e. The molecule has 0 N–H and O–H groups in total. The van der Waals surface area contributed by atoms with Crippen molar-refractivity contribution in [3.8, 4) is 11.1 Å². The van der Waals surface area contributed by atoms with Crippen LogP contribution in [0.5, 0.6) is 0 Å². The molecule has 2 aromatic carbocycles. The van der Waals surface area contributed by atoms with Gasteiger partial charge in [-0.3, -0.25) is 0 Å². The van der Waals surface area contributed by atoms with Gasteiger partial charge in [-0.05, 0) is 90.9 Å². The summed E-state index contributed by atoms with van der Waals surface area (Å²) in [5.41, 5.74) is 4.30. The topological polar surface area (TPSA) is 46.6 Å². The second kappa shape index (κ2) is 8.99. The molecular formula is C29H36FN2O2-. The number of carboxylic acid groups (broad SMARTS) is 1. The van der Waals surface area contributed by atoms with Crippen molar-refractivity contribution in [2.45, 2.75) is 71.4 Å². The molecule has 0 spiro atoms. The molecule has 3 aliphatic heterocycles. The number of fused-ring (bicyclic) bond motifs is 4. The molecule has 34 heavy (non-hydrogen) atoms. The Balaban J connectivity index is 1.57. The fraction of sp³-hybridized carbons (Fsp3) is 0.552. The molecule has 1 aliphatic carbocycles. The van der Waals surface area contributed by atoms with Gasteiger partial charge in [-0.1, -0.05) is 51.5 Å². The van der Waals surface area contributed by atoms with Crippen LogP contribution in [0.25, 0.3) is 11.1 Å². The minimum atomic E-state index is -1.12. The van der Waals surface area contributed by atoms with Gasteiger partial charge in [-0.2, -0.15) is 0 Å². The molecule has 1 amide bonds. The standard InChI is InChI=1S/C29H37FN2O2/c1-4-6-19-7-5-8-21(15-19)23-16-22-9-12-29(2,3)27(24(22)17-25(23)30)32(28(33)34)26-18-31-13-10-20(26)11-14-31/h5,7-8,15-17,20,26-27H,4,6,9-14,18H2,1-3H3,(H,33,34)/p-1/t26-,27+/m1/s1. The number of amides is 1. The normalized spacial score (nSPS) is 27.3. The zero-order valence-electron chi connectivity index (χ0n) is 20.6. The monoisotopic (exact) mass is 463 g/mol. The van der Waals surface area contributed by atoms with E-state index in [2.05, 4.69) is 37.8 Å². The highest BCUT2D eigenvalue weighted by molar-refractivity contribution is 5.68. The Kier molecular flexibility index (Phi) is 6.18. The van der Waals surface area contributed by atoms with Crippen LogP contribution in [0, 0.1) is 17.2 Å². The molecule has 4 nitrogen and oxygen atoms in total. The summed E-state index contributed by atoms with van der Waals surface area (Å²) in [5, 5.41) is 12.6. The van der Waals surface area contributed by atoms with Crippen molar-refractivity contribution in [2.75, 3.05) is 19.6 Å². The van der Waals surface area contributed by atoms with Gasteiger partial charge in [0.15, 0.2) is 0 Å². The lowest BCUT2D eigenvalue weighted by Crippen LogP contribution is -2.63. The van der Waals surface area contributed by atoms with Gasteiger partial charge in [0, 0.05) is 18.2 Å². The van der Waals surface area contributed by atoms with Gasteiger partial charge in [0.2, 0.25) is 0 Å². The number of carbonyl (C=O) groups excluding carboxylic acids is 1. The van der Waals surface area contributed by atoms with E-state index in [9.17, 15) is 9.90 Å². The smallest absolute Gasteiger partial charge is 0.137 e. The van der Waals surface area contributed by atoms with Gasteiger partial charge in [0.25, 0.3) is 0 Å². The molecule has 3 fully saturated rings. The van der Waals surface area contributed by atoms with Crippen LogP contribution in [-0.4, -0.2) is 41.6 Å². The lowest BCUT2D eigenvalue weighted by molar-refractivity contribution is -0.277. The van der Waals surface area contributed by atoms with Gasteiger partial charge >= 0.3 is 0 Å². The quantitative estimate of drug-likeness (QED) is 0.612. The first-order valence-electron chi connectivity index (χ1n) is 12.9. The molecule has 0 aromatic heterocycles. The molecule has 0 radical (unpaired) electrons. The summed E-state index contributed by atoms with van der Waals surface area (Å²) in [7, 11) is 0. The molecule has 5 heteroatoms. The molecule has 182 valence electrons. The molecule has 2 aromatic rings. The van der Waals surface area contributed by atoms with Crippen LogP contribution in [0.4, 0.5) is 9.18 Å². The Hall–Kier alpha value is -2.40. The van der Waals surface area contributed by atoms with Crippen LogP contribution < -0.4 is 5.11 Å². The van der Waals surface area contributed by atoms with E-state index in [0.29, 0.717) is 11.5 Å². The molecule has 6 rings (SSSR count). The number of benzene rings is 2. The fourth-order valence-corrected chi connectivity index (χ4v) is 6.73. The first-order chi connectivity index (χ1) is 16.3. The van der Waals surface area contributed by atoms with Gasteiger partial charge in [0.1, 0.15) is 11.9 Å². The first-order valence-corrected chi connectivity index (χ1v) is 12.9. The van der Waals surface area contributed by atoms with Crippen molar-refractivity contribution in [1.82, 2.24) is 9.80 Å². The summed E-state index contributed by atoms with van der Waals surface area (Å²) >= 11 is 0. The van der Waals surface area contributed by atoms with E-state index >= 15 is 4.39 Å². The molecule has 2 bridgehead atoms. The molecule has 3 saturated heterocycles. The molecule has 2 atom stereocenters. The third-order valence-corrected chi connectivity index (χ3v) is 8.55. The van der Waals surface area contributed by atoms with Crippen molar-refractivity contribution in [1.29, 1.82) is 0 Å². The molecule has 4 aliphatic rings.